The van der Waals surface area contributed by atoms with Crippen molar-refractivity contribution in [3.05, 3.63) is 65.9 Å². The number of nitrogens with one attached hydrogen (secondary N) is 1. The maximum Gasteiger partial charge on any atom is 0.219 e. The Hall–Kier alpha value is -2.90. The van der Waals surface area contributed by atoms with E-state index in [1.165, 1.54) is 49.3 Å². The number of pyridine rings is 1. The van der Waals surface area contributed by atoms with Crippen LogP contribution in [-0.2, 0) is 6.54 Å². The van der Waals surface area contributed by atoms with Crippen molar-refractivity contribution in [3.63, 3.8) is 0 Å². The topological polar surface area (TPSA) is 57.9 Å². The van der Waals surface area contributed by atoms with Crippen molar-refractivity contribution in [3.8, 4) is 17.7 Å². The Bertz CT molecular complexity index is 954. The first-order valence-electron chi connectivity index (χ1n) is 9.61. The van der Waals surface area contributed by atoms with Crippen LogP contribution in [0.15, 0.2) is 54.7 Å². The molecule has 3 aromatic rings. The highest BCUT2D eigenvalue weighted by Gasteiger charge is 2.13. The summed E-state index contributed by atoms with van der Waals surface area (Å²) in [6.07, 6.45) is 8.13. The van der Waals surface area contributed by atoms with Gasteiger partial charge >= 0.3 is 0 Å². The molecule has 0 unspecified atom stereocenters. The fourth-order valence-corrected chi connectivity index (χ4v) is 3.77. The van der Waals surface area contributed by atoms with Gasteiger partial charge in [-0.05, 0) is 35.9 Å². The number of benzene rings is 2. The van der Waals surface area contributed by atoms with Gasteiger partial charge in [0.05, 0.1) is 5.56 Å². The van der Waals surface area contributed by atoms with Crippen LogP contribution in [0.1, 0.15) is 43.2 Å². The Labute approximate surface area is 159 Å². The van der Waals surface area contributed by atoms with E-state index >= 15 is 0 Å². The van der Waals surface area contributed by atoms with Crippen LogP contribution in [-0.4, -0.2) is 11.0 Å². The van der Waals surface area contributed by atoms with Crippen LogP contribution in [0.5, 0.6) is 11.6 Å². The lowest BCUT2D eigenvalue weighted by atomic mass is 9.95. The highest BCUT2D eigenvalue weighted by Crippen LogP contribution is 2.31. The number of ether oxygens (including phenoxy) is 1. The van der Waals surface area contributed by atoms with Gasteiger partial charge in [0, 0.05) is 30.2 Å². The molecule has 1 N–H and O–H groups in total. The Morgan fingerprint density at radius 2 is 1.81 bits per heavy atom. The van der Waals surface area contributed by atoms with Crippen LogP contribution in [0.2, 0.25) is 0 Å². The van der Waals surface area contributed by atoms with Gasteiger partial charge in [-0.1, -0.05) is 49.6 Å². The van der Waals surface area contributed by atoms with Crippen LogP contribution in [0.25, 0.3) is 10.8 Å². The number of aromatic nitrogens is 1. The number of nitriles is 1. The summed E-state index contributed by atoms with van der Waals surface area (Å²) >= 11 is 0. The van der Waals surface area contributed by atoms with Gasteiger partial charge in [-0.25, -0.2) is 4.98 Å². The van der Waals surface area contributed by atoms with Crippen LogP contribution in [0.4, 0.5) is 0 Å². The molecule has 4 heteroatoms. The molecule has 0 spiro atoms. The normalized spacial score (nSPS) is 14.8. The molecule has 0 radical (unpaired) electrons. The second-order valence-electron chi connectivity index (χ2n) is 7.08. The number of nitrogens with zero attached hydrogens (tertiary/aromatic N) is 2. The summed E-state index contributed by atoms with van der Waals surface area (Å²) in [6, 6.07) is 18.6. The van der Waals surface area contributed by atoms with Gasteiger partial charge in [-0.3, -0.25) is 0 Å². The largest absolute Gasteiger partial charge is 0.438 e. The molecule has 27 heavy (non-hydrogen) atoms. The highest BCUT2D eigenvalue weighted by molar-refractivity contribution is 5.91. The van der Waals surface area contributed by atoms with E-state index in [1.54, 1.807) is 12.1 Å². The van der Waals surface area contributed by atoms with Crippen molar-refractivity contribution in [1.82, 2.24) is 10.3 Å². The third-order valence-electron chi connectivity index (χ3n) is 5.24. The molecular formula is C23H23N3O. The van der Waals surface area contributed by atoms with E-state index in [1.807, 2.05) is 12.1 Å². The van der Waals surface area contributed by atoms with E-state index < -0.39 is 0 Å². The molecular weight excluding hydrogens is 334 g/mol. The Morgan fingerprint density at radius 3 is 2.59 bits per heavy atom. The van der Waals surface area contributed by atoms with Gasteiger partial charge in [0.1, 0.15) is 11.8 Å². The molecule has 1 aromatic heterocycles. The number of rotatable bonds is 5. The van der Waals surface area contributed by atoms with Crippen LogP contribution in [0.3, 0.4) is 0 Å². The standard InChI is InChI=1S/C23H23N3O/c24-14-17-12-13-23(26-15-17)27-22-11-5-9-20-18(6-4-10-21(20)22)16-25-19-7-2-1-3-8-19/h4-6,9-13,15,19,25H,1-3,7-8,16H2. The van der Waals surface area contributed by atoms with Crippen molar-refractivity contribution < 1.29 is 4.74 Å². The zero-order valence-corrected chi connectivity index (χ0v) is 15.3. The number of fused-ring (bicyclic) bond motifs is 1. The minimum Gasteiger partial charge on any atom is -0.438 e. The van der Waals surface area contributed by atoms with E-state index in [4.69, 9.17) is 10.00 Å². The summed E-state index contributed by atoms with van der Waals surface area (Å²) in [6.45, 7) is 0.876. The first kappa shape index (κ1) is 17.5. The molecule has 1 saturated carbocycles. The van der Waals surface area contributed by atoms with Crippen LogP contribution < -0.4 is 10.1 Å². The smallest absolute Gasteiger partial charge is 0.219 e. The van der Waals surface area contributed by atoms with Crippen molar-refractivity contribution in [1.29, 1.82) is 5.26 Å². The summed E-state index contributed by atoms with van der Waals surface area (Å²) in [7, 11) is 0. The summed E-state index contributed by atoms with van der Waals surface area (Å²) in [5, 5.41) is 14.9. The van der Waals surface area contributed by atoms with Gasteiger partial charge in [-0.2, -0.15) is 5.26 Å². The van der Waals surface area contributed by atoms with Crippen LogP contribution >= 0.6 is 0 Å². The number of hydrogen-bond donors (Lipinski definition) is 1. The second kappa shape index (κ2) is 8.20. The number of hydrogen-bond acceptors (Lipinski definition) is 4. The minimum absolute atomic E-state index is 0.493. The Balaban J connectivity index is 1.56. The molecule has 136 valence electrons. The SMILES string of the molecule is N#Cc1ccc(Oc2cccc3c(CNC4CCCCC4)cccc23)nc1. The third kappa shape index (κ3) is 4.10. The lowest BCUT2D eigenvalue weighted by molar-refractivity contribution is 0.373. The summed E-state index contributed by atoms with van der Waals surface area (Å²) in [5.41, 5.74) is 1.81. The quantitative estimate of drug-likeness (QED) is 0.671. The minimum atomic E-state index is 0.493. The molecule has 0 atom stereocenters. The van der Waals surface area contributed by atoms with Crippen molar-refractivity contribution in [2.75, 3.05) is 0 Å². The molecule has 1 aliphatic carbocycles. The average Bonchev–Trinajstić information content (AvgIpc) is 2.74. The van der Waals surface area contributed by atoms with Gasteiger partial charge in [-0.15, -0.1) is 0 Å². The Kier molecular flexibility index (Phi) is 5.32. The monoisotopic (exact) mass is 357 g/mol. The van der Waals surface area contributed by atoms with E-state index in [-0.39, 0.29) is 0 Å². The molecule has 1 aliphatic rings. The van der Waals surface area contributed by atoms with Gasteiger partial charge in [0.25, 0.3) is 0 Å². The average molecular weight is 357 g/mol. The summed E-state index contributed by atoms with van der Waals surface area (Å²) in [5.74, 6) is 1.27. The molecule has 0 amide bonds. The summed E-state index contributed by atoms with van der Waals surface area (Å²) < 4.78 is 6.00. The first-order chi connectivity index (χ1) is 13.3. The molecule has 2 aromatic carbocycles. The lowest BCUT2D eigenvalue weighted by Crippen LogP contribution is -2.30. The second-order valence-corrected chi connectivity index (χ2v) is 7.08. The van der Waals surface area contributed by atoms with Crippen molar-refractivity contribution in [2.45, 2.75) is 44.7 Å². The van der Waals surface area contributed by atoms with Gasteiger partial charge in [0.2, 0.25) is 5.88 Å². The molecule has 0 bridgehead atoms. The van der Waals surface area contributed by atoms with Gasteiger partial charge in [0.15, 0.2) is 0 Å². The zero-order chi connectivity index (χ0) is 18.5. The van der Waals surface area contributed by atoms with Crippen LogP contribution in [0, 0.1) is 11.3 Å². The molecule has 4 nitrogen and oxygen atoms in total. The van der Waals surface area contributed by atoms with Crippen molar-refractivity contribution >= 4 is 10.8 Å². The molecule has 4 rings (SSSR count). The molecule has 1 heterocycles. The Morgan fingerprint density at radius 1 is 1.00 bits per heavy atom. The third-order valence-corrected chi connectivity index (χ3v) is 5.24. The predicted molar refractivity (Wildman–Crippen MR) is 107 cm³/mol. The molecule has 1 fully saturated rings. The van der Waals surface area contributed by atoms with E-state index in [0.29, 0.717) is 17.5 Å². The molecule has 0 saturated heterocycles. The van der Waals surface area contributed by atoms with Gasteiger partial charge < -0.3 is 10.1 Å². The maximum atomic E-state index is 8.90. The summed E-state index contributed by atoms with van der Waals surface area (Å²) in [4.78, 5) is 4.21. The predicted octanol–water partition coefficient (Wildman–Crippen LogP) is 5.32. The van der Waals surface area contributed by atoms with Crippen molar-refractivity contribution in [2.24, 2.45) is 0 Å². The maximum absolute atomic E-state index is 8.90. The van der Waals surface area contributed by atoms with E-state index in [2.05, 4.69) is 40.6 Å². The fourth-order valence-electron chi connectivity index (χ4n) is 3.77. The molecule has 0 aliphatic heterocycles. The fraction of sp³-hybridized carbons (Fsp3) is 0.304. The highest BCUT2D eigenvalue weighted by atomic mass is 16.5. The first-order valence-corrected chi connectivity index (χ1v) is 9.61. The van der Waals surface area contributed by atoms with E-state index in [9.17, 15) is 0 Å². The van der Waals surface area contributed by atoms with E-state index in [0.717, 1.165) is 17.7 Å². The lowest BCUT2D eigenvalue weighted by Gasteiger charge is -2.23. The zero-order valence-electron chi connectivity index (χ0n) is 15.3.